The number of nitrogens with one attached hydrogen (secondary N) is 1. The second-order valence-electron chi connectivity index (χ2n) is 2.78. The van der Waals surface area contributed by atoms with E-state index in [1.54, 1.807) is 7.05 Å². The molecule has 12 heavy (non-hydrogen) atoms. The van der Waals surface area contributed by atoms with Crippen LogP contribution >= 0.6 is 0 Å². The average Bonchev–Trinajstić information content (AvgIpc) is 1.81. The molecule has 1 rings (SSSR count). The summed E-state index contributed by atoms with van der Waals surface area (Å²) in [5.74, 6) is -0.574. The lowest BCUT2D eigenvalue weighted by molar-refractivity contribution is -0.130. The van der Waals surface area contributed by atoms with Gasteiger partial charge >= 0.3 is 0 Å². The minimum atomic E-state index is -2.02. The molecule has 0 radical (unpaired) electrons. The molecule has 1 unspecified atom stereocenters. The first-order chi connectivity index (χ1) is 5.61. The zero-order valence-corrected chi connectivity index (χ0v) is 7.63. The Morgan fingerprint density at radius 3 is 2.67 bits per heavy atom. The lowest BCUT2D eigenvalue weighted by atomic mass is 10.1. The fourth-order valence-electron chi connectivity index (χ4n) is 0.958. The summed E-state index contributed by atoms with van der Waals surface area (Å²) in [6, 6.07) is 0.195. The van der Waals surface area contributed by atoms with Crippen molar-refractivity contribution in [1.82, 2.24) is 10.2 Å². The monoisotopic (exact) mass is 192 g/mol. The van der Waals surface area contributed by atoms with E-state index in [2.05, 4.69) is 5.32 Å². The van der Waals surface area contributed by atoms with Crippen molar-refractivity contribution < 1.29 is 13.6 Å². The number of likely N-dealkylation sites (N-methyl/N-ethyl adjacent to an activating group) is 1. The van der Waals surface area contributed by atoms with Crippen molar-refractivity contribution in [2.45, 2.75) is 6.04 Å². The predicted molar refractivity (Wildman–Crippen MR) is 45.1 cm³/mol. The van der Waals surface area contributed by atoms with Crippen LogP contribution in [-0.2, 0) is 15.9 Å². The molecule has 1 atom stereocenters. The number of rotatable bonds is 3. The maximum atomic E-state index is 11.1. The van der Waals surface area contributed by atoms with Gasteiger partial charge in [0.2, 0.25) is 5.91 Å². The zero-order chi connectivity index (χ0) is 9.14. The summed E-state index contributed by atoms with van der Waals surface area (Å²) < 4.78 is 18.7. The van der Waals surface area contributed by atoms with E-state index in [4.69, 9.17) is 4.55 Å². The molecule has 1 aliphatic heterocycles. The van der Waals surface area contributed by atoms with Crippen LogP contribution in [0.1, 0.15) is 0 Å². The highest BCUT2D eigenvalue weighted by atomic mass is 32.2. The first kappa shape index (κ1) is 9.63. The third-order valence-corrected chi connectivity index (χ3v) is 2.44. The standard InChI is InChI=1S/C6H12N2O3S/c1-8(5-2-7-3-5)6(9)4-12(10)11/h5,7H,2-4H2,1H3,(H,10,11). The molecule has 1 fully saturated rings. The van der Waals surface area contributed by atoms with Gasteiger partial charge < -0.3 is 14.8 Å². The van der Waals surface area contributed by atoms with Crippen LogP contribution in [0.25, 0.3) is 0 Å². The van der Waals surface area contributed by atoms with Crippen molar-refractivity contribution in [2.24, 2.45) is 0 Å². The normalized spacial score (nSPS) is 19.8. The number of carbonyl (C=O) groups excluding carboxylic acids is 1. The number of hydrogen-bond acceptors (Lipinski definition) is 3. The van der Waals surface area contributed by atoms with E-state index < -0.39 is 11.1 Å². The van der Waals surface area contributed by atoms with Gasteiger partial charge in [0.15, 0.2) is 11.1 Å². The molecule has 0 aromatic rings. The Morgan fingerprint density at radius 2 is 2.33 bits per heavy atom. The first-order valence-corrected chi connectivity index (χ1v) is 4.92. The molecule has 0 bridgehead atoms. The Balaban J connectivity index is 2.34. The fourth-order valence-corrected chi connectivity index (χ4v) is 1.37. The minimum Gasteiger partial charge on any atom is -0.339 e. The lowest BCUT2D eigenvalue weighted by Gasteiger charge is -2.35. The van der Waals surface area contributed by atoms with Crippen LogP contribution in [0, 0.1) is 0 Å². The predicted octanol–water partition coefficient (Wildman–Crippen LogP) is -1.36. The SMILES string of the molecule is CN(C(=O)CS(=O)O)C1CNC1. The van der Waals surface area contributed by atoms with Crippen molar-refractivity contribution in [3.8, 4) is 0 Å². The quantitative estimate of drug-likeness (QED) is 0.542. The molecule has 1 amide bonds. The molecular weight excluding hydrogens is 180 g/mol. The molecular formula is C6H12N2O3S. The van der Waals surface area contributed by atoms with Crippen molar-refractivity contribution in [3.05, 3.63) is 0 Å². The van der Waals surface area contributed by atoms with E-state index in [-0.39, 0.29) is 17.7 Å². The first-order valence-electron chi connectivity index (χ1n) is 3.65. The molecule has 5 nitrogen and oxygen atoms in total. The van der Waals surface area contributed by atoms with Gasteiger partial charge in [0.1, 0.15) is 5.75 Å². The van der Waals surface area contributed by atoms with Gasteiger partial charge in [-0.3, -0.25) is 4.79 Å². The summed E-state index contributed by atoms with van der Waals surface area (Å²) in [6.07, 6.45) is 0. The molecule has 0 aromatic heterocycles. The van der Waals surface area contributed by atoms with E-state index in [0.717, 1.165) is 13.1 Å². The summed E-state index contributed by atoms with van der Waals surface area (Å²) in [5.41, 5.74) is 0. The van der Waals surface area contributed by atoms with E-state index >= 15 is 0 Å². The van der Waals surface area contributed by atoms with Crippen molar-refractivity contribution in [1.29, 1.82) is 0 Å². The van der Waals surface area contributed by atoms with E-state index in [9.17, 15) is 9.00 Å². The number of nitrogens with zero attached hydrogens (tertiary/aromatic N) is 1. The third-order valence-electron chi connectivity index (χ3n) is 1.95. The van der Waals surface area contributed by atoms with Gasteiger partial charge in [-0.15, -0.1) is 0 Å². The Kier molecular flexibility index (Phi) is 3.19. The molecule has 1 aliphatic rings. The lowest BCUT2D eigenvalue weighted by Crippen LogP contribution is -2.58. The summed E-state index contributed by atoms with van der Waals surface area (Å²) in [6.45, 7) is 1.56. The molecule has 0 aliphatic carbocycles. The molecule has 2 N–H and O–H groups in total. The van der Waals surface area contributed by atoms with Gasteiger partial charge in [0, 0.05) is 20.1 Å². The number of amides is 1. The van der Waals surface area contributed by atoms with Crippen LogP contribution in [0.2, 0.25) is 0 Å². The Labute approximate surface area is 73.4 Å². The van der Waals surface area contributed by atoms with Crippen molar-refractivity contribution >= 4 is 17.0 Å². The second kappa shape index (κ2) is 3.97. The Hall–Kier alpha value is -0.460. The fraction of sp³-hybridized carbons (Fsp3) is 0.833. The highest BCUT2D eigenvalue weighted by molar-refractivity contribution is 7.80. The largest absolute Gasteiger partial charge is 0.339 e. The van der Waals surface area contributed by atoms with Gasteiger partial charge in [-0.25, -0.2) is 4.21 Å². The smallest absolute Gasteiger partial charge is 0.237 e. The van der Waals surface area contributed by atoms with Crippen molar-refractivity contribution in [3.63, 3.8) is 0 Å². The zero-order valence-electron chi connectivity index (χ0n) is 6.82. The molecule has 70 valence electrons. The molecule has 0 saturated carbocycles. The summed E-state index contributed by atoms with van der Waals surface area (Å²) >= 11 is -2.02. The van der Waals surface area contributed by atoms with E-state index in [1.807, 2.05) is 0 Å². The van der Waals surface area contributed by atoms with Crippen LogP contribution in [0.3, 0.4) is 0 Å². The Bertz CT molecular complexity index is 205. The van der Waals surface area contributed by atoms with E-state index in [0.29, 0.717) is 0 Å². The van der Waals surface area contributed by atoms with Crippen molar-refractivity contribution in [2.75, 3.05) is 25.9 Å². The van der Waals surface area contributed by atoms with Crippen LogP contribution in [0.5, 0.6) is 0 Å². The van der Waals surface area contributed by atoms with Gasteiger partial charge in [-0.1, -0.05) is 0 Å². The minimum absolute atomic E-state index is 0.195. The maximum absolute atomic E-state index is 11.1. The van der Waals surface area contributed by atoms with Gasteiger partial charge in [-0.05, 0) is 0 Å². The van der Waals surface area contributed by atoms with E-state index in [1.165, 1.54) is 4.90 Å². The van der Waals surface area contributed by atoms with Gasteiger partial charge in [0.25, 0.3) is 0 Å². The third kappa shape index (κ3) is 2.26. The maximum Gasteiger partial charge on any atom is 0.237 e. The van der Waals surface area contributed by atoms with Crippen LogP contribution < -0.4 is 5.32 Å². The van der Waals surface area contributed by atoms with Gasteiger partial charge in [-0.2, -0.15) is 0 Å². The highest BCUT2D eigenvalue weighted by Gasteiger charge is 2.25. The second-order valence-corrected chi connectivity index (χ2v) is 3.71. The number of carbonyl (C=O) groups is 1. The average molecular weight is 192 g/mol. The summed E-state index contributed by atoms with van der Waals surface area (Å²) in [4.78, 5) is 12.7. The van der Waals surface area contributed by atoms with Crippen LogP contribution in [0.4, 0.5) is 0 Å². The highest BCUT2D eigenvalue weighted by Crippen LogP contribution is 2.02. The molecule has 0 spiro atoms. The van der Waals surface area contributed by atoms with Crippen LogP contribution in [-0.4, -0.2) is 51.5 Å². The molecule has 0 aromatic carbocycles. The van der Waals surface area contributed by atoms with Gasteiger partial charge in [0.05, 0.1) is 6.04 Å². The molecule has 6 heteroatoms. The van der Waals surface area contributed by atoms with Crippen LogP contribution in [0.15, 0.2) is 0 Å². The molecule has 1 heterocycles. The topological polar surface area (TPSA) is 69.6 Å². The summed E-state index contributed by atoms with van der Waals surface area (Å²) in [7, 11) is 1.65. The summed E-state index contributed by atoms with van der Waals surface area (Å²) in [5, 5.41) is 3.02. The molecule has 1 saturated heterocycles. The number of hydrogen-bond donors (Lipinski definition) is 2. The Morgan fingerprint density at radius 1 is 1.75 bits per heavy atom.